The van der Waals surface area contributed by atoms with E-state index in [0.717, 1.165) is 17.5 Å². The van der Waals surface area contributed by atoms with Crippen molar-refractivity contribution in [2.24, 2.45) is 0 Å². The Labute approximate surface area is 168 Å². The number of halogens is 1. The first-order chi connectivity index (χ1) is 13.7. The molecule has 0 aliphatic rings. The van der Waals surface area contributed by atoms with Gasteiger partial charge in [-0.2, -0.15) is 0 Å². The highest BCUT2D eigenvalue weighted by Gasteiger charge is 2.20. The Hall–Kier alpha value is -2.28. The Bertz CT molecular complexity index is 911. The quantitative estimate of drug-likeness (QED) is 0.507. The first kappa shape index (κ1) is 20.5. The number of ether oxygens (including phenoxy) is 2. The van der Waals surface area contributed by atoms with Gasteiger partial charge < -0.3 is 14.8 Å². The van der Waals surface area contributed by atoms with E-state index in [2.05, 4.69) is 17.4 Å². The number of hydrogen-bond acceptors (Lipinski definition) is 4. The molecule has 1 N–H and O–H groups in total. The fourth-order valence-corrected chi connectivity index (χ4v) is 4.16. The molecule has 0 atom stereocenters. The van der Waals surface area contributed by atoms with Crippen LogP contribution in [0.25, 0.3) is 10.1 Å². The topological polar surface area (TPSA) is 47.6 Å². The molecule has 0 spiro atoms. The van der Waals surface area contributed by atoms with Crippen LogP contribution in [-0.4, -0.2) is 32.8 Å². The van der Waals surface area contributed by atoms with Gasteiger partial charge in [0.15, 0.2) is 0 Å². The van der Waals surface area contributed by atoms with Crippen molar-refractivity contribution in [3.05, 3.63) is 70.4 Å². The van der Waals surface area contributed by atoms with Crippen LogP contribution < -0.4 is 5.32 Å². The SMILES string of the molecule is COCc1c(C(=O)NCCCOCCc2ccccc2)sc2cccc(F)c12. The van der Waals surface area contributed by atoms with Crippen molar-refractivity contribution in [3.8, 4) is 0 Å². The van der Waals surface area contributed by atoms with E-state index in [1.165, 1.54) is 23.0 Å². The summed E-state index contributed by atoms with van der Waals surface area (Å²) >= 11 is 1.29. The average molecular weight is 402 g/mol. The first-order valence-electron chi connectivity index (χ1n) is 9.29. The predicted octanol–water partition coefficient (Wildman–Crippen LogP) is 4.57. The monoisotopic (exact) mass is 401 g/mol. The molecule has 28 heavy (non-hydrogen) atoms. The second-order valence-corrected chi connectivity index (χ2v) is 7.47. The molecule has 2 aromatic carbocycles. The van der Waals surface area contributed by atoms with Gasteiger partial charge in [-0.1, -0.05) is 36.4 Å². The van der Waals surface area contributed by atoms with Crippen molar-refractivity contribution in [2.75, 3.05) is 26.9 Å². The summed E-state index contributed by atoms with van der Waals surface area (Å²) in [6, 6.07) is 15.1. The van der Waals surface area contributed by atoms with Gasteiger partial charge in [-0.3, -0.25) is 4.79 Å². The Kier molecular flexibility index (Phi) is 7.54. The van der Waals surface area contributed by atoms with Crippen LogP contribution in [0.3, 0.4) is 0 Å². The van der Waals surface area contributed by atoms with Crippen molar-refractivity contribution in [2.45, 2.75) is 19.4 Å². The highest BCUT2D eigenvalue weighted by atomic mass is 32.1. The predicted molar refractivity (Wildman–Crippen MR) is 110 cm³/mol. The van der Waals surface area contributed by atoms with Gasteiger partial charge in [0.1, 0.15) is 5.82 Å². The number of carbonyl (C=O) groups excluding carboxylic acids is 1. The van der Waals surface area contributed by atoms with Gasteiger partial charge in [0.2, 0.25) is 0 Å². The lowest BCUT2D eigenvalue weighted by Crippen LogP contribution is -2.25. The third-order valence-electron chi connectivity index (χ3n) is 4.39. The lowest BCUT2D eigenvalue weighted by Gasteiger charge is -2.07. The minimum absolute atomic E-state index is 0.197. The molecule has 0 unspecified atom stereocenters. The van der Waals surface area contributed by atoms with E-state index >= 15 is 0 Å². The average Bonchev–Trinajstić information content (AvgIpc) is 3.08. The summed E-state index contributed by atoms with van der Waals surface area (Å²) in [7, 11) is 1.54. The summed E-state index contributed by atoms with van der Waals surface area (Å²) < 4.78 is 25.8. The summed E-state index contributed by atoms with van der Waals surface area (Å²) in [6.07, 6.45) is 1.60. The molecule has 0 radical (unpaired) electrons. The number of fused-ring (bicyclic) bond motifs is 1. The van der Waals surface area contributed by atoms with Crippen LogP contribution in [0.2, 0.25) is 0 Å². The maximum Gasteiger partial charge on any atom is 0.261 e. The lowest BCUT2D eigenvalue weighted by atomic mass is 10.1. The molecule has 148 valence electrons. The van der Waals surface area contributed by atoms with E-state index in [9.17, 15) is 9.18 Å². The lowest BCUT2D eigenvalue weighted by molar-refractivity contribution is 0.0942. The molecule has 0 aliphatic carbocycles. The van der Waals surface area contributed by atoms with Crippen molar-refractivity contribution >= 4 is 27.3 Å². The van der Waals surface area contributed by atoms with E-state index in [1.54, 1.807) is 13.2 Å². The van der Waals surface area contributed by atoms with Crippen molar-refractivity contribution in [3.63, 3.8) is 0 Å². The largest absolute Gasteiger partial charge is 0.381 e. The Morgan fingerprint density at radius 2 is 1.93 bits per heavy atom. The van der Waals surface area contributed by atoms with Crippen molar-refractivity contribution in [1.29, 1.82) is 0 Å². The second kappa shape index (κ2) is 10.3. The maximum absolute atomic E-state index is 14.2. The van der Waals surface area contributed by atoms with Gasteiger partial charge in [-0.25, -0.2) is 4.39 Å². The summed E-state index contributed by atoms with van der Waals surface area (Å²) in [5.41, 5.74) is 1.86. The Morgan fingerprint density at radius 3 is 2.71 bits per heavy atom. The summed E-state index contributed by atoms with van der Waals surface area (Å²) in [5, 5.41) is 3.38. The van der Waals surface area contributed by atoms with Gasteiger partial charge in [-0.15, -0.1) is 11.3 Å². The van der Waals surface area contributed by atoms with Crippen molar-refractivity contribution in [1.82, 2.24) is 5.32 Å². The molecule has 1 heterocycles. The molecule has 6 heteroatoms. The number of rotatable bonds is 10. The summed E-state index contributed by atoms with van der Waals surface area (Å²) in [5.74, 6) is -0.524. The van der Waals surface area contributed by atoms with Gasteiger partial charge in [0.05, 0.1) is 18.1 Å². The summed E-state index contributed by atoms with van der Waals surface area (Å²) in [4.78, 5) is 13.1. The maximum atomic E-state index is 14.2. The van der Waals surface area contributed by atoms with Gasteiger partial charge in [0, 0.05) is 35.9 Å². The minimum atomic E-state index is -0.327. The molecule has 0 bridgehead atoms. The van der Waals surface area contributed by atoms with E-state index in [1.807, 2.05) is 24.3 Å². The van der Waals surface area contributed by atoms with Crippen LogP contribution >= 0.6 is 11.3 Å². The molecular weight excluding hydrogens is 377 g/mol. The Morgan fingerprint density at radius 1 is 1.11 bits per heavy atom. The molecule has 1 amide bonds. The number of methoxy groups -OCH3 is 1. The Balaban J connectivity index is 1.47. The van der Waals surface area contributed by atoms with E-state index in [4.69, 9.17) is 9.47 Å². The van der Waals surface area contributed by atoms with E-state index < -0.39 is 0 Å². The van der Waals surface area contributed by atoms with Crippen LogP contribution in [0.1, 0.15) is 27.2 Å². The van der Waals surface area contributed by atoms with Crippen LogP contribution in [0.15, 0.2) is 48.5 Å². The molecule has 0 aliphatic heterocycles. The molecule has 0 saturated heterocycles. The third kappa shape index (κ3) is 5.16. The molecule has 1 aromatic heterocycles. The minimum Gasteiger partial charge on any atom is -0.381 e. The fraction of sp³-hybridized carbons (Fsp3) is 0.318. The second-order valence-electron chi connectivity index (χ2n) is 6.41. The zero-order valence-corrected chi connectivity index (χ0v) is 16.7. The first-order valence-corrected chi connectivity index (χ1v) is 10.1. The zero-order valence-electron chi connectivity index (χ0n) is 15.9. The molecular formula is C22H24FNO3S. The normalized spacial score (nSPS) is 11.1. The van der Waals surface area contributed by atoms with E-state index in [-0.39, 0.29) is 18.3 Å². The number of benzene rings is 2. The number of hydrogen-bond donors (Lipinski definition) is 1. The van der Waals surface area contributed by atoms with Gasteiger partial charge in [0.25, 0.3) is 5.91 Å². The van der Waals surface area contributed by atoms with Crippen LogP contribution in [0.5, 0.6) is 0 Å². The zero-order chi connectivity index (χ0) is 19.8. The summed E-state index contributed by atoms with van der Waals surface area (Å²) in [6.45, 7) is 1.95. The molecule has 0 fully saturated rings. The van der Waals surface area contributed by atoms with Crippen LogP contribution in [0.4, 0.5) is 4.39 Å². The number of thiophene rings is 1. The molecule has 3 rings (SSSR count). The highest BCUT2D eigenvalue weighted by Crippen LogP contribution is 2.33. The number of carbonyl (C=O) groups is 1. The number of nitrogens with one attached hydrogen (secondary N) is 1. The third-order valence-corrected chi connectivity index (χ3v) is 5.58. The smallest absolute Gasteiger partial charge is 0.261 e. The fourth-order valence-electron chi connectivity index (χ4n) is 3.03. The molecule has 0 saturated carbocycles. The number of amides is 1. The van der Waals surface area contributed by atoms with Crippen molar-refractivity contribution < 1.29 is 18.7 Å². The molecule has 3 aromatic rings. The standard InChI is InChI=1S/C22H24FNO3S/c1-26-15-17-20-18(23)9-5-10-19(20)28-21(17)22(25)24-12-6-13-27-14-11-16-7-3-2-4-8-16/h2-5,7-10H,6,11-15H2,1H3,(H,24,25). The van der Waals surface area contributed by atoms with Gasteiger partial charge in [-0.05, 0) is 30.5 Å². The van der Waals surface area contributed by atoms with E-state index in [0.29, 0.717) is 35.6 Å². The molecule has 4 nitrogen and oxygen atoms in total. The van der Waals surface area contributed by atoms with Gasteiger partial charge >= 0.3 is 0 Å². The highest BCUT2D eigenvalue weighted by molar-refractivity contribution is 7.21. The van der Waals surface area contributed by atoms with Crippen LogP contribution in [0, 0.1) is 5.82 Å². The van der Waals surface area contributed by atoms with Crippen LogP contribution in [-0.2, 0) is 22.5 Å².